The molecule has 0 saturated carbocycles. The molecular formula is C12H13N3O4. The highest BCUT2D eigenvalue weighted by Crippen LogP contribution is 2.24. The third kappa shape index (κ3) is 2.82. The second-order valence-corrected chi connectivity index (χ2v) is 3.94. The lowest BCUT2D eigenvalue weighted by Gasteiger charge is -2.05. The molecule has 2 N–H and O–H groups in total. The fourth-order valence-corrected chi connectivity index (χ4v) is 1.87. The molecule has 1 amide bonds. The van der Waals surface area contributed by atoms with E-state index in [1.807, 2.05) is 6.07 Å². The molecule has 1 aromatic heterocycles. The van der Waals surface area contributed by atoms with Crippen molar-refractivity contribution in [3.05, 3.63) is 40.1 Å². The molecule has 19 heavy (non-hydrogen) atoms. The van der Waals surface area contributed by atoms with Crippen molar-refractivity contribution in [3.63, 3.8) is 0 Å². The number of fused-ring (bicyclic) bond motifs is 1. The van der Waals surface area contributed by atoms with Crippen LogP contribution in [0.1, 0.15) is 5.56 Å². The van der Waals surface area contributed by atoms with Gasteiger partial charge in [0.15, 0.2) is 0 Å². The Kier molecular flexibility index (Phi) is 3.65. The molecule has 7 nitrogen and oxygen atoms in total. The van der Waals surface area contributed by atoms with Gasteiger partial charge in [-0.1, -0.05) is 0 Å². The van der Waals surface area contributed by atoms with Crippen molar-refractivity contribution in [1.29, 1.82) is 0 Å². The summed E-state index contributed by atoms with van der Waals surface area (Å²) in [4.78, 5) is 24.3. The van der Waals surface area contributed by atoms with Gasteiger partial charge in [0.2, 0.25) is 0 Å². The van der Waals surface area contributed by atoms with Crippen LogP contribution in [0.5, 0.6) is 0 Å². The van der Waals surface area contributed by atoms with Crippen LogP contribution in [0.25, 0.3) is 10.9 Å². The summed E-state index contributed by atoms with van der Waals surface area (Å²) in [5.74, 6) is 0. The first kappa shape index (κ1) is 12.9. The first-order valence-corrected chi connectivity index (χ1v) is 5.70. The summed E-state index contributed by atoms with van der Waals surface area (Å²) in [5.41, 5.74) is 1.49. The Morgan fingerprint density at radius 1 is 1.53 bits per heavy atom. The summed E-state index contributed by atoms with van der Waals surface area (Å²) in [6, 6.07) is 4.83. The van der Waals surface area contributed by atoms with Crippen LogP contribution < -0.4 is 5.32 Å². The minimum Gasteiger partial charge on any atom is -0.449 e. The number of benzene rings is 1. The van der Waals surface area contributed by atoms with E-state index >= 15 is 0 Å². The predicted molar refractivity (Wildman–Crippen MR) is 69.1 cm³/mol. The van der Waals surface area contributed by atoms with Gasteiger partial charge in [0, 0.05) is 37.2 Å². The van der Waals surface area contributed by atoms with Gasteiger partial charge in [-0.15, -0.1) is 0 Å². The summed E-state index contributed by atoms with van der Waals surface area (Å²) >= 11 is 0. The molecule has 0 saturated heterocycles. The molecule has 0 radical (unpaired) electrons. The van der Waals surface area contributed by atoms with Crippen LogP contribution in [0.2, 0.25) is 0 Å². The molecule has 0 aliphatic rings. The van der Waals surface area contributed by atoms with Crippen LogP contribution >= 0.6 is 0 Å². The molecule has 0 unspecified atom stereocenters. The first-order chi connectivity index (χ1) is 9.11. The molecule has 2 rings (SSSR count). The number of amides is 1. The smallest absolute Gasteiger partial charge is 0.406 e. The van der Waals surface area contributed by atoms with Crippen molar-refractivity contribution in [3.8, 4) is 0 Å². The van der Waals surface area contributed by atoms with Crippen molar-refractivity contribution in [1.82, 2.24) is 10.3 Å². The van der Waals surface area contributed by atoms with Crippen molar-refractivity contribution < 1.29 is 14.5 Å². The Bertz CT molecular complexity index is 620. The Labute approximate surface area is 108 Å². The van der Waals surface area contributed by atoms with Crippen molar-refractivity contribution in [2.24, 2.45) is 0 Å². The largest absolute Gasteiger partial charge is 0.449 e. The van der Waals surface area contributed by atoms with Gasteiger partial charge in [0.1, 0.15) is 0 Å². The number of hydrogen-bond acceptors (Lipinski definition) is 4. The zero-order valence-electron chi connectivity index (χ0n) is 10.3. The number of nitrogens with zero attached hydrogens (tertiary/aromatic N) is 1. The van der Waals surface area contributed by atoms with Crippen LogP contribution in [0.4, 0.5) is 10.5 Å². The molecule has 100 valence electrons. The highest BCUT2D eigenvalue weighted by Gasteiger charge is 2.12. The third-order valence-electron chi connectivity index (χ3n) is 2.76. The van der Waals surface area contributed by atoms with E-state index in [4.69, 9.17) is 4.74 Å². The summed E-state index contributed by atoms with van der Waals surface area (Å²) in [7, 11) is 1.47. The molecule has 0 aliphatic heterocycles. The maximum absolute atomic E-state index is 10.9. The quantitative estimate of drug-likeness (QED) is 0.651. The van der Waals surface area contributed by atoms with Gasteiger partial charge < -0.3 is 15.0 Å². The predicted octanol–water partition coefficient (Wildman–Crippen LogP) is 1.97. The number of nitro groups is 1. The fourth-order valence-electron chi connectivity index (χ4n) is 1.87. The Balaban J connectivity index is 2.22. The average Bonchev–Trinajstić information content (AvgIpc) is 2.86. The topological polar surface area (TPSA) is 97.3 Å². The number of non-ortho nitro benzene ring substituents is 1. The third-order valence-corrected chi connectivity index (χ3v) is 2.76. The average molecular weight is 263 g/mol. The van der Waals surface area contributed by atoms with E-state index in [9.17, 15) is 14.9 Å². The lowest BCUT2D eigenvalue weighted by atomic mass is 10.1. The number of rotatable bonds is 4. The molecule has 1 heterocycles. The summed E-state index contributed by atoms with van der Waals surface area (Å²) in [6.07, 6.45) is 1.62. The van der Waals surface area contributed by atoms with E-state index in [0.717, 1.165) is 10.9 Å². The number of nitrogens with one attached hydrogen (secondary N) is 2. The van der Waals surface area contributed by atoms with Gasteiger partial charge in [-0.25, -0.2) is 4.79 Å². The van der Waals surface area contributed by atoms with Crippen LogP contribution in [0.3, 0.4) is 0 Å². The number of aromatic nitrogens is 1. The number of alkyl carbamates (subject to hydrolysis) is 1. The van der Waals surface area contributed by atoms with Gasteiger partial charge in [-0.2, -0.15) is 0 Å². The fraction of sp³-hybridized carbons (Fsp3) is 0.250. The highest BCUT2D eigenvalue weighted by atomic mass is 16.6. The molecule has 0 atom stereocenters. The number of H-pyrrole nitrogens is 1. The second-order valence-electron chi connectivity index (χ2n) is 3.94. The Morgan fingerprint density at radius 3 is 3.00 bits per heavy atom. The molecule has 0 aliphatic carbocycles. The van der Waals surface area contributed by atoms with Gasteiger partial charge in [-0.3, -0.25) is 10.1 Å². The van der Waals surface area contributed by atoms with Crippen molar-refractivity contribution in [2.75, 3.05) is 13.7 Å². The number of hydrogen-bond donors (Lipinski definition) is 2. The minimum atomic E-state index is -0.518. The second kappa shape index (κ2) is 5.38. The molecule has 0 fully saturated rings. The normalized spacial score (nSPS) is 10.4. The van der Waals surface area contributed by atoms with Crippen molar-refractivity contribution >= 4 is 22.7 Å². The Hall–Kier alpha value is -2.57. The first-order valence-electron chi connectivity index (χ1n) is 5.70. The zero-order chi connectivity index (χ0) is 13.8. The highest BCUT2D eigenvalue weighted by molar-refractivity contribution is 5.85. The van der Waals surface area contributed by atoms with Gasteiger partial charge in [-0.05, 0) is 11.6 Å². The van der Waals surface area contributed by atoms with E-state index in [2.05, 4.69) is 10.3 Å². The number of nitro benzene ring substituents is 1. The van der Waals surface area contributed by atoms with E-state index in [1.54, 1.807) is 6.20 Å². The molecule has 7 heteroatoms. The molecule has 0 spiro atoms. The number of aromatic amines is 1. The summed E-state index contributed by atoms with van der Waals surface area (Å²) in [5, 5.41) is 14.1. The SMILES string of the molecule is CNC(=O)OCCc1cc([N+](=O)[O-])cc2[nH]ccc12. The summed E-state index contributed by atoms with van der Waals surface area (Å²) in [6.45, 7) is 0.168. The summed E-state index contributed by atoms with van der Waals surface area (Å²) < 4.78 is 4.89. The number of ether oxygens (including phenoxy) is 1. The van der Waals surface area contributed by atoms with E-state index < -0.39 is 11.0 Å². The molecule has 2 aromatic rings. The van der Waals surface area contributed by atoms with Gasteiger partial charge in [0.25, 0.3) is 5.69 Å². The lowest BCUT2D eigenvalue weighted by molar-refractivity contribution is -0.384. The van der Waals surface area contributed by atoms with Crippen LogP contribution in [-0.4, -0.2) is 29.7 Å². The lowest BCUT2D eigenvalue weighted by Crippen LogP contribution is -2.20. The number of carbonyl (C=O) groups is 1. The molecular weight excluding hydrogens is 250 g/mol. The van der Waals surface area contributed by atoms with E-state index in [1.165, 1.54) is 19.2 Å². The Morgan fingerprint density at radius 2 is 2.32 bits per heavy atom. The van der Waals surface area contributed by atoms with Gasteiger partial charge in [0.05, 0.1) is 17.0 Å². The zero-order valence-corrected chi connectivity index (χ0v) is 10.3. The maximum atomic E-state index is 10.9. The minimum absolute atomic E-state index is 0.0184. The van der Waals surface area contributed by atoms with Crippen LogP contribution in [0.15, 0.2) is 24.4 Å². The van der Waals surface area contributed by atoms with Crippen LogP contribution in [-0.2, 0) is 11.2 Å². The molecule has 1 aromatic carbocycles. The molecule has 0 bridgehead atoms. The van der Waals surface area contributed by atoms with Crippen molar-refractivity contribution in [2.45, 2.75) is 6.42 Å². The van der Waals surface area contributed by atoms with Gasteiger partial charge >= 0.3 is 6.09 Å². The van der Waals surface area contributed by atoms with E-state index in [0.29, 0.717) is 11.9 Å². The maximum Gasteiger partial charge on any atom is 0.406 e. The monoisotopic (exact) mass is 263 g/mol. The number of carbonyl (C=O) groups excluding carboxylic acids is 1. The standard InChI is InChI=1S/C12H13N3O4/c1-13-12(16)19-5-3-8-6-9(15(17)18)7-11-10(8)2-4-14-11/h2,4,6-7,14H,3,5H2,1H3,(H,13,16). The van der Waals surface area contributed by atoms with E-state index in [-0.39, 0.29) is 12.3 Å². The van der Waals surface area contributed by atoms with Crippen LogP contribution in [0, 0.1) is 10.1 Å².